The summed E-state index contributed by atoms with van der Waals surface area (Å²) in [6.07, 6.45) is 12.9. The molecule has 18 rings (SSSR count). The maximum Gasteiger partial charge on any atom is 3.00 e. The zero-order valence-electron chi connectivity index (χ0n) is 73.4. The quantitative estimate of drug-likeness (QED) is 0.0897. The van der Waals surface area contributed by atoms with Crippen molar-refractivity contribution in [1.29, 1.82) is 0 Å². The molecule has 6 heterocycles. The Hall–Kier alpha value is -5.62. The summed E-state index contributed by atoms with van der Waals surface area (Å²) in [7, 11) is -3.92. The molecule has 0 spiro atoms. The Balaban J connectivity index is 0.000000244. The van der Waals surface area contributed by atoms with Crippen LogP contribution in [0.1, 0.15) is 77.0 Å². The molecular formula is C104H140B2Lu2O6Si4. The topological polar surface area (TPSA) is 55.4 Å². The Morgan fingerprint density at radius 1 is 0.212 bits per heavy atom. The molecule has 0 unspecified atom stereocenters. The van der Waals surface area contributed by atoms with E-state index in [9.17, 15) is 0 Å². The number of hydrogen-bond donors (Lipinski definition) is 0. The van der Waals surface area contributed by atoms with Crippen molar-refractivity contribution in [3.63, 3.8) is 0 Å². The fourth-order valence-corrected chi connectivity index (χ4v) is 19.6. The summed E-state index contributed by atoms with van der Waals surface area (Å²) in [5.41, 5.74) is 10.7. The molecule has 0 aromatic heterocycles. The molecule has 118 heavy (non-hydrogen) atoms. The van der Waals surface area contributed by atoms with Crippen molar-refractivity contribution in [3.8, 4) is 0 Å². The van der Waals surface area contributed by atoms with Crippen molar-refractivity contribution < 1.29 is 102 Å². The molecule has 644 valence electrons. The van der Waals surface area contributed by atoms with Crippen LogP contribution in [0.4, 0.5) is 0 Å². The van der Waals surface area contributed by atoms with Gasteiger partial charge in [-0.15, -0.1) is 0 Å². The third-order valence-electron chi connectivity index (χ3n) is 21.5. The van der Waals surface area contributed by atoms with Crippen LogP contribution in [0.3, 0.4) is 0 Å². The minimum Gasteiger partial charge on any atom is -0.381 e. The van der Waals surface area contributed by atoms with Gasteiger partial charge >= 0.3 is 73.7 Å². The van der Waals surface area contributed by atoms with Crippen molar-refractivity contribution in [2.24, 2.45) is 0 Å². The van der Waals surface area contributed by atoms with Gasteiger partial charge in [-0.2, -0.15) is 113 Å². The minimum atomic E-state index is -1.22. The summed E-state index contributed by atoms with van der Waals surface area (Å²) in [5, 5.41) is 6.23. The van der Waals surface area contributed by atoms with E-state index in [0.29, 0.717) is 0 Å². The van der Waals surface area contributed by atoms with E-state index >= 15 is 0 Å². The molecule has 0 atom stereocenters. The van der Waals surface area contributed by atoms with E-state index in [-0.39, 0.29) is 73.7 Å². The third-order valence-corrected chi connectivity index (χ3v) is 29.7. The molecule has 0 radical (unpaired) electrons. The first-order valence-corrected chi connectivity index (χ1v) is 57.4. The van der Waals surface area contributed by atoms with Crippen LogP contribution in [0.2, 0.25) is 78.6 Å². The van der Waals surface area contributed by atoms with Crippen molar-refractivity contribution in [2.75, 3.05) is 79.3 Å². The first-order chi connectivity index (χ1) is 56.3. The van der Waals surface area contributed by atoms with E-state index in [4.69, 9.17) is 28.4 Å². The average molecular weight is 1970 g/mol. The summed E-state index contributed by atoms with van der Waals surface area (Å²) in [5.74, 6) is 0. The van der Waals surface area contributed by atoms with E-state index in [1.54, 1.807) is 20.7 Å². The summed E-state index contributed by atoms with van der Waals surface area (Å²) in [4.78, 5) is 0. The van der Waals surface area contributed by atoms with E-state index in [1.807, 2.05) is 0 Å². The van der Waals surface area contributed by atoms with E-state index < -0.39 is 44.6 Å². The Morgan fingerprint density at radius 2 is 0.364 bits per heavy atom. The number of rotatable bonds is 12. The molecule has 0 bridgehead atoms. The number of hydrogen-bond acceptors (Lipinski definition) is 6. The second kappa shape index (κ2) is 58.4. The smallest absolute Gasteiger partial charge is 0.381 e. The van der Waals surface area contributed by atoms with Crippen LogP contribution >= 0.6 is 0 Å². The molecule has 6 fully saturated rings. The maximum absolute atomic E-state index is 4.94. The molecule has 0 aliphatic carbocycles. The summed E-state index contributed by atoms with van der Waals surface area (Å²) < 4.78 is 29.7. The van der Waals surface area contributed by atoms with Crippen LogP contribution in [-0.2, 0) is 28.4 Å². The van der Waals surface area contributed by atoms with Gasteiger partial charge in [-0.1, -0.05) is 321 Å². The van der Waals surface area contributed by atoms with Crippen LogP contribution in [0.15, 0.2) is 340 Å². The van der Waals surface area contributed by atoms with Gasteiger partial charge in [0.15, 0.2) is 0 Å². The van der Waals surface area contributed by atoms with Gasteiger partial charge in [-0.3, -0.25) is 0 Å². The summed E-state index contributed by atoms with van der Waals surface area (Å²) in [6, 6.07) is 122. The van der Waals surface area contributed by atoms with Crippen LogP contribution < -0.4 is 64.4 Å². The zero-order chi connectivity index (χ0) is 82.7. The fourth-order valence-electron chi connectivity index (χ4n) is 14.8. The molecule has 6 nitrogen and oxygen atoms in total. The first kappa shape index (κ1) is 103. The van der Waals surface area contributed by atoms with Crippen LogP contribution in [-0.4, -0.2) is 124 Å². The van der Waals surface area contributed by atoms with Crippen LogP contribution in [0.25, 0.3) is 0 Å². The monoisotopic (exact) mass is 1970 g/mol. The number of benzene rings is 8. The van der Waals surface area contributed by atoms with Crippen molar-refractivity contribution >= 4 is 109 Å². The Kier molecular flexibility index (Phi) is 51.0. The Bertz CT molecular complexity index is 3460. The minimum absolute atomic E-state index is 0. The third kappa shape index (κ3) is 37.2. The normalized spacial score (nSPS) is 14.5. The van der Waals surface area contributed by atoms with Crippen LogP contribution in [0, 0.1) is 73.7 Å². The molecular weight excluding hydrogens is 1830 g/mol. The molecule has 0 N–H and O–H groups in total. The van der Waals surface area contributed by atoms with Gasteiger partial charge in [0.2, 0.25) is 0 Å². The van der Waals surface area contributed by atoms with E-state index in [1.165, 1.54) is 121 Å². The van der Waals surface area contributed by atoms with Gasteiger partial charge in [-0.25, -0.2) is 48.5 Å². The predicted molar refractivity (Wildman–Crippen MR) is 520 cm³/mol. The van der Waals surface area contributed by atoms with Gasteiger partial charge in [-0.05, 0) is 77.0 Å². The van der Waals surface area contributed by atoms with E-state index in [2.05, 4.69) is 418 Å². The van der Waals surface area contributed by atoms with Gasteiger partial charge in [0.05, 0.1) is 24.2 Å². The van der Waals surface area contributed by atoms with Crippen molar-refractivity contribution in [1.82, 2.24) is 0 Å². The average Bonchev–Trinajstić information content (AvgIpc) is 0.908. The van der Waals surface area contributed by atoms with Crippen LogP contribution in [0.5, 0.6) is 0 Å². The standard InChI is InChI=1S/2C24H20B.4C8H13Si.6C4H8O.2Lu/c2*1-5-13-21(14-6-1)25(22-15-7-2-8-16-22,23-17-9-3-10-18-23)24-19-11-4-12-20-24;4*1-9(2,3)8-6-4-5-7-8;6*1-2-4-5-3-1;;/h2*1-20H;4*4-7H,1-3H3;6*1-4H2;;/q6*-1;;;;;;;2*+3. The zero-order valence-corrected chi connectivity index (χ0v) is 80.7. The molecule has 12 aromatic rings. The maximum atomic E-state index is 4.94. The fraction of sp³-hybridized carbons (Fsp3) is 0.346. The molecule has 0 amide bonds. The molecule has 14 heteroatoms. The second-order valence-corrected chi connectivity index (χ2v) is 54.9. The largest absolute Gasteiger partial charge is 3.00 e. The molecule has 6 saturated heterocycles. The first-order valence-electron chi connectivity index (χ1n) is 43.4. The van der Waals surface area contributed by atoms with E-state index in [0.717, 1.165) is 79.3 Å². The van der Waals surface area contributed by atoms with Gasteiger partial charge < -0.3 is 28.4 Å². The second-order valence-electron chi connectivity index (χ2n) is 34.6. The molecule has 6 aliphatic heterocycles. The van der Waals surface area contributed by atoms with Gasteiger partial charge in [0, 0.05) is 87.4 Å². The van der Waals surface area contributed by atoms with Gasteiger partial charge in [0.25, 0.3) is 0 Å². The molecule has 6 aliphatic rings. The van der Waals surface area contributed by atoms with Gasteiger partial charge in [0.1, 0.15) is 12.3 Å². The Labute approximate surface area is 777 Å². The predicted octanol–water partition coefficient (Wildman–Crippen LogP) is 18.7. The SMILES string of the molecule is C1CCOC1.C1CCOC1.C1CCOC1.C1CCOC1.C1CCOC1.C1CCOC1.C[Si](C)(C)[c-]1cccc1.C[Si](C)(C)c1ccc[cH-]1.C[Si](C)(C)c1ccc[cH-]1.C[Si](C)(C)c1ccc[cH-]1.[Lu+3].[Lu+3].c1ccc([B-](c2ccccc2)(c2ccccc2)c2ccccc2)cc1.c1ccc([B-](c2ccccc2)(c2ccccc2)c2ccccc2)cc1. The number of ether oxygens (including phenoxy) is 6. The summed E-state index contributed by atoms with van der Waals surface area (Å²) in [6.45, 7) is 40.4. The Morgan fingerprint density at radius 3 is 0.449 bits per heavy atom. The molecule has 12 aromatic carbocycles. The van der Waals surface area contributed by atoms with Crippen molar-refractivity contribution in [3.05, 3.63) is 340 Å². The summed E-state index contributed by atoms with van der Waals surface area (Å²) >= 11 is 0. The molecule has 0 saturated carbocycles. The van der Waals surface area contributed by atoms with Crippen molar-refractivity contribution in [2.45, 2.75) is 156 Å².